The number of nitrogens with zero attached hydrogens (tertiary/aromatic N) is 2. The van der Waals surface area contributed by atoms with E-state index < -0.39 is 0 Å². The minimum absolute atomic E-state index is 0.727. The molecule has 1 unspecified atom stereocenters. The lowest BCUT2D eigenvalue weighted by molar-refractivity contribution is 0.152. The molecule has 0 aliphatic carbocycles. The van der Waals surface area contributed by atoms with Crippen molar-refractivity contribution in [2.75, 3.05) is 53.0 Å². The SMILES string of the molecule is CCOCCNC(=NC)NCCCCN1CCCC(C)C1. The zero-order chi connectivity index (χ0) is 15.3. The van der Waals surface area contributed by atoms with Gasteiger partial charge in [-0.05, 0) is 51.6 Å². The normalized spacial score (nSPS) is 20.5. The molecule has 5 nitrogen and oxygen atoms in total. The first-order chi connectivity index (χ1) is 10.3. The number of guanidine groups is 1. The number of nitrogens with one attached hydrogen (secondary N) is 2. The number of likely N-dealkylation sites (tertiary alicyclic amines) is 1. The fourth-order valence-corrected chi connectivity index (χ4v) is 2.76. The van der Waals surface area contributed by atoms with Crippen molar-refractivity contribution < 1.29 is 4.74 Å². The van der Waals surface area contributed by atoms with Gasteiger partial charge >= 0.3 is 0 Å². The Morgan fingerprint density at radius 1 is 1.29 bits per heavy atom. The number of aliphatic imine (C=N–C) groups is 1. The van der Waals surface area contributed by atoms with E-state index in [9.17, 15) is 0 Å². The summed E-state index contributed by atoms with van der Waals surface area (Å²) in [6.07, 6.45) is 5.23. The Balaban J connectivity index is 1.99. The van der Waals surface area contributed by atoms with Crippen LogP contribution in [0.15, 0.2) is 4.99 Å². The molecule has 21 heavy (non-hydrogen) atoms. The maximum atomic E-state index is 5.30. The first-order valence-corrected chi connectivity index (χ1v) is 8.50. The molecule has 0 amide bonds. The second-order valence-electron chi connectivity index (χ2n) is 5.88. The van der Waals surface area contributed by atoms with Crippen LogP contribution in [0, 0.1) is 5.92 Å². The maximum absolute atomic E-state index is 5.30. The van der Waals surface area contributed by atoms with Crippen LogP contribution in [0.25, 0.3) is 0 Å². The fraction of sp³-hybridized carbons (Fsp3) is 0.938. The minimum atomic E-state index is 0.727. The summed E-state index contributed by atoms with van der Waals surface area (Å²) in [5.41, 5.74) is 0. The van der Waals surface area contributed by atoms with Crippen molar-refractivity contribution in [3.63, 3.8) is 0 Å². The molecule has 1 fully saturated rings. The average molecular weight is 298 g/mol. The molecule has 2 N–H and O–H groups in total. The van der Waals surface area contributed by atoms with Crippen molar-refractivity contribution in [2.45, 2.75) is 39.5 Å². The summed E-state index contributed by atoms with van der Waals surface area (Å²) in [7, 11) is 1.81. The van der Waals surface area contributed by atoms with E-state index in [0.717, 1.165) is 38.2 Å². The second kappa shape index (κ2) is 11.8. The Kier molecular flexibility index (Phi) is 10.3. The van der Waals surface area contributed by atoms with Gasteiger partial charge in [-0.2, -0.15) is 0 Å². The zero-order valence-electron chi connectivity index (χ0n) is 14.2. The van der Waals surface area contributed by atoms with Gasteiger partial charge in [-0.3, -0.25) is 4.99 Å². The van der Waals surface area contributed by atoms with Crippen molar-refractivity contribution in [2.24, 2.45) is 10.9 Å². The van der Waals surface area contributed by atoms with E-state index >= 15 is 0 Å². The zero-order valence-corrected chi connectivity index (χ0v) is 14.2. The van der Waals surface area contributed by atoms with Gasteiger partial charge in [0.25, 0.3) is 0 Å². The van der Waals surface area contributed by atoms with Crippen LogP contribution in [0.3, 0.4) is 0 Å². The molecule has 1 rings (SSSR count). The van der Waals surface area contributed by atoms with Gasteiger partial charge < -0.3 is 20.3 Å². The number of hydrogen-bond donors (Lipinski definition) is 2. The molecule has 1 aliphatic heterocycles. The molecule has 5 heteroatoms. The highest BCUT2D eigenvalue weighted by Gasteiger charge is 2.15. The Labute approximate surface area is 130 Å². The summed E-state index contributed by atoms with van der Waals surface area (Å²) in [5.74, 6) is 1.76. The van der Waals surface area contributed by atoms with E-state index in [-0.39, 0.29) is 0 Å². The summed E-state index contributed by atoms with van der Waals surface area (Å²) < 4.78 is 5.30. The largest absolute Gasteiger partial charge is 0.380 e. The molecule has 0 bridgehead atoms. The molecule has 1 atom stereocenters. The quantitative estimate of drug-likeness (QED) is 0.386. The third-order valence-corrected chi connectivity index (χ3v) is 3.90. The lowest BCUT2D eigenvalue weighted by Gasteiger charge is -2.30. The van der Waals surface area contributed by atoms with E-state index in [1.807, 2.05) is 14.0 Å². The van der Waals surface area contributed by atoms with E-state index in [1.54, 1.807) is 0 Å². The van der Waals surface area contributed by atoms with Gasteiger partial charge in [0, 0.05) is 33.3 Å². The maximum Gasteiger partial charge on any atom is 0.191 e. The summed E-state index contributed by atoms with van der Waals surface area (Å²) >= 11 is 0. The molecule has 0 spiro atoms. The van der Waals surface area contributed by atoms with Crippen LogP contribution in [-0.2, 0) is 4.74 Å². The summed E-state index contributed by atoms with van der Waals surface area (Å²) in [6.45, 7) is 11.5. The van der Waals surface area contributed by atoms with Crippen LogP contribution in [0.4, 0.5) is 0 Å². The van der Waals surface area contributed by atoms with Gasteiger partial charge in [0.2, 0.25) is 0 Å². The average Bonchev–Trinajstić information content (AvgIpc) is 2.49. The lowest BCUT2D eigenvalue weighted by Crippen LogP contribution is -2.39. The van der Waals surface area contributed by atoms with Crippen LogP contribution in [-0.4, -0.2) is 63.8 Å². The summed E-state index contributed by atoms with van der Waals surface area (Å²) in [4.78, 5) is 6.83. The van der Waals surface area contributed by atoms with Crippen LogP contribution >= 0.6 is 0 Å². The van der Waals surface area contributed by atoms with Crippen LogP contribution in [0.2, 0.25) is 0 Å². The predicted molar refractivity (Wildman–Crippen MR) is 89.9 cm³/mol. The fourth-order valence-electron chi connectivity index (χ4n) is 2.76. The third-order valence-electron chi connectivity index (χ3n) is 3.90. The van der Waals surface area contributed by atoms with E-state index in [0.29, 0.717) is 0 Å². The van der Waals surface area contributed by atoms with Crippen molar-refractivity contribution in [3.8, 4) is 0 Å². The van der Waals surface area contributed by atoms with Gasteiger partial charge in [-0.25, -0.2) is 0 Å². The molecular formula is C16H34N4O. The molecule has 0 saturated carbocycles. The number of rotatable bonds is 9. The monoisotopic (exact) mass is 298 g/mol. The van der Waals surface area contributed by atoms with Crippen molar-refractivity contribution in [1.82, 2.24) is 15.5 Å². The molecule has 1 saturated heterocycles. The first kappa shape index (κ1) is 18.2. The standard InChI is InChI=1S/C16H34N4O/c1-4-21-13-10-19-16(17-3)18-9-5-6-11-20-12-7-8-15(2)14-20/h15H,4-14H2,1-3H3,(H2,17,18,19). The Hall–Kier alpha value is -0.810. The highest BCUT2D eigenvalue weighted by atomic mass is 16.5. The molecule has 1 heterocycles. The number of unbranched alkanes of at least 4 members (excludes halogenated alkanes) is 1. The number of ether oxygens (including phenoxy) is 1. The van der Waals surface area contributed by atoms with Crippen LogP contribution < -0.4 is 10.6 Å². The van der Waals surface area contributed by atoms with Crippen LogP contribution in [0.1, 0.15) is 39.5 Å². The lowest BCUT2D eigenvalue weighted by atomic mass is 10.0. The Morgan fingerprint density at radius 2 is 2.10 bits per heavy atom. The van der Waals surface area contributed by atoms with E-state index in [4.69, 9.17) is 4.74 Å². The van der Waals surface area contributed by atoms with Crippen molar-refractivity contribution in [1.29, 1.82) is 0 Å². The van der Waals surface area contributed by atoms with Gasteiger partial charge in [-0.1, -0.05) is 6.92 Å². The van der Waals surface area contributed by atoms with Gasteiger partial charge in [0.05, 0.1) is 6.61 Å². The Bertz CT molecular complexity index is 283. The predicted octanol–water partition coefficient (Wildman–Crippen LogP) is 1.70. The van der Waals surface area contributed by atoms with E-state index in [2.05, 4.69) is 27.4 Å². The molecule has 0 aromatic heterocycles. The molecule has 0 aromatic rings. The van der Waals surface area contributed by atoms with Crippen molar-refractivity contribution >= 4 is 5.96 Å². The van der Waals surface area contributed by atoms with Gasteiger partial charge in [-0.15, -0.1) is 0 Å². The molecule has 0 radical (unpaired) electrons. The molecule has 1 aliphatic rings. The highest BCUT2D eigenvalue weighted by molar-refractivity contribution is 5.79. The summed E-state index contributed by atoms with van der Waals surface area (Å²) in [5, 5.41) is 6.61. The number of hydrogen-bond acceptors (Lipinski definition) is 3. The highest BCUT2D eigenvalue weighted by Crippen LogP contribution is 2.15. The van der Waals surface area contributed by atoms with Crippen molar-refractivity contribution in [3.05, 3.63) is 0 Å². The summed E-state index contributed by atoms with van der Waals surface area (Å²) in [6, 6.07) is 0. The Morgan fingerprint density at radius 3 is 2.81 bits per heavy atom. The van der Waals surface area contributed by atoms with Crippen LogP contribution in [0.5, 0.6) is 0 Å². The van der Waals surface area contributed by atoms with E-state index in [1.165, 1.54) is 45.3 Å². The number of piperidine rings is 1. The van der Waals surface area contributed by atoms with Gasteiger partial charge in [0.1, 0.15) is 0 Å². The second-order valence-corrected chi connectivity index (χ2v) is 5.88. The minimum Gasteiger partial charge on any atom is -0.380 e. The molecule has 0 aromatic carbocycles. The first-order valence-electron chi connectivity index (χ1n) is 8.50. The molecular weight excluding hydrogens is 264 g/mol. The smallest absolute Gasteiger partial charge is 0.191 e. The topological polar surface area (TPSA) is 48.9 Å². The molecule has 124 valence electrons. The van der Waals surface area contributed by atoms with Gasteiger partial charge in [0.15, 0.2) is 5.96 Å². The third kappa shape index (κ3) is 8.94.